The van der Waals surface area contributed by atoms with E-state index in [2.05, 4.69) is 5.32 Å². The van der Waals surface area contributed by atoms with Crippen LogP contribution < -0.4 is 15.7 Å². The van der Waals surface area contributed by atoms with Crippen molar-refractivity contribution in [2.45, 2.75) is 71.9 Å². The van der Waals surface area contributed by atoms with Gasteiger partial charge in [0.1, 0.15) is 23.0 Å². The van der Waals surface area contributed by atoms with Crippen molar-refractivity contribution in [3.05, 3.63) is 39.2 Å². The van der Waals surface area contributed by atoms with Crippen LogP contribution in [-0.2, 0) is 22.4 Å². The predicted octanol–water partition coefficient (Wildman–Crippen LogP) is 3.80. The van der Waals surface area contributed by atoms with E-state index >= 15 is 0 Å². The molecule has 0 spiro atoms. The van der Waals surface area contributed by atoms with Crippen molar-refractivity contribution in [2.24, 2.45) is 0 Å². The maximum atomic E-state index is 12.8. The molecule has 2 aromatic rings. The lowest BCUT2D eigenvalue weighted by Crippen LogP contribution is -2.44. The summed E-state index contributed by atoms with van der Waals surface area (Å²) >= 11 is 0. The topological polar surface area (TPSA) is 94.8 Å². The van der Waals surface area contributed by atoms with Gasteiger partial charge in [0.05, 0.1) is 5.39 Å². The molecule has 1 amide bonds. The lowest BCUT2D eigenvalue weighted by molar-refractivity contribution is -0.136. The number of benzene rings is 1. The van der Waals surface area contributed by atoms with E-state index in [4.69, 9.17) is 13.9 Å². The minimum Gasteiger partial charge on any atom is -0.444 e. The average Bonchev–Trinajstić information content (AvgIpc) is 3.07. The molecule has 1 aromatic heterocycles. The normalized spacial score (nSPS) is 14.4. The second kappa shape index (κ2) is 7.89. The quantitative estimate of drug-likeness (QED) is 0.476. The summed E-state index contributed by atoms with van der Waals surface area (Å²) in [7, 11) is 0. The summed E-state index contributed by atoms with van der Waals surface area (Å²) in [6.45, 7) is 8.85. The number of ether oxygens (including phenoxy) is 2. The van der Waals surface area contributed by atoms with Gasteiger partial charge in [-0.25, -0.2) is 14.4 Å². The van der Waals surface area contributed by atoms with E-state index in [1.54, 1.807) is 39.8 Å². The van der Waals surface area contributed by atoms with Gasteiger partial charge >= 0.3 is 17.7 Å². The van der Waals surface area contributed by atoms with Crippen LogP contribution in [0.5, 0.6) is 5.75 Å². The van der Waals surface area contributed by atoms with Crippen LogP contribution in [0, 0.1) is 6.92 Å². The van der Waals surface area contributed by atoms with E-state index in [1.807, 2.05) is 6.92 Å². The number of esters is 1. The fraction of sp³-hybridized carbons (Fsp3) is 0.500. The average molecular weight is 401 g/mol. The molecule has 7 heteroatoms. The van der Waals surface area contributed by atoms with E-state index in [9.17, 15) is 14.4 Å². The molecular formula is C22H27NO6. The highest BCUT2D eigenvalue weighted by atomic mass is 16.6. The van der Waals surface area contributed by atoms with Gasteiger partial charge in [-0.05, 0) is 76.6 Å². The van der Waals surface area contributed by atoms with Gasteiger partial charge in [0.15, 0.2) is 0 Å². The number of alkyl carbamates (subject to hydrolysis) is 1. The fourth-order valence-corrected chi connectivity index (χ4v) is 3.54. The zero-order chi connectivity index (χ0) is 21.3. The van der Waals surface area contributed by atoms with Crippen molar-refractivity contribution >= 4 is 23.0 Å². The molecule has 0 fully saturated rings. The highest BCUT2D eigenvalue weighted by Gasteiger charge is 2.27. The van der Waals surface area contributed by atoms with Crippen LogP contribution in [0.3, 0.4) is 0 Å². The summed E-state index contributed by atoms with van der Waals surface area (Å²) < 4.78 is 16.4. The molecule has 7 nitrogen and oxygen atoms in total. The molecule has 0 bridgehead atoms. The zero-order valence-electron chi connectivity index (χ0n) is 17.5. The molecule has 29 heavy (non-hydrogen) atoms. The summed E-state index contributed by atoms with van der Waals surface area (Å²) in [5, 5.41) is 3.21. The minimum atomic E-state index is -0.857. The van der Waals surface area contributed by atoms with E-state index in [0.29, 0.717) is 35.1 Å². The summed E-state index contributed by atoms with van der Waals surface area (Å²) in [6.07, 6.45) is 1.92. The van der Waals surface area contributed by atoms with Crippen LogP contribution in [-0.4, -0.2) is 23.7 Å². The molecule has 156 valence electrons. The lowest BCUT2D eigenvalue weighted by atomic mass is 10.0. The highest BCUT2D eigenvalue weighted by Crippen LogP contribution is 2.35. The Hall–Kier alpha value is -2.83. The van der Waals surface area contributed by atoms with Gasteiger partial charge in [-0.1, -0.05) is 6.92 Å². The maximum Gasteiger partial charge on any atom is 0.408 e. The third-order valence-electron chi connectivity index (χ3n) is 4.77. The molecule has 1 aliphatic rings. The number of aryl methyl sites for hydroxylation is 2. The van der Waals surface area contributed by atoms with Gasteiger partial charge < -0.3 is 19.2 Å². The first-order valence-electron chi connectivity index (χ1n) is 9.89. The molecule has 1 aliphatic carbocycles. The Balaban J connectivity index is 1.91. The summed E-state index contributed by atoms with van der Waals surface area (Å²) in [4.78, 5) is 37.1. The molecule has 1 N–H and O–H groups in total. The molecule has 1 heterocycles. The second-order valence-electron chi connectivity index (χ2n) is 8.36. The smallest absolute Gasteiger partial charge is 0.408 e. The molecule has 1 unspecified atom stereocenters. The van der Waals surface area contributed by atoms with Gasteiger partial charge in [0.25, 0.3) is 0 Å². The zero-order valence-corrected chi connectivity index (χ0v) is 17.5. The van der Waals surface area contributed by atoms with Crippen molar-refractivity contribution in [2.75, 3.05) is 0 Å². The largest absolute Gasteiger partial charge is 0.444 e. The lowest BCUT2D eigenvalue weighted by Gasteiger charge is -2.22. The Morgan fingerprint density at radius 1 is 1.21 bits per heavy atom. The SMILES string of the molecule is CCC(NC(=O)OC(C)(C)C)C(=O)Oc1cc(C)cc2oc(=O)c3c(c12)CCC3. The molecular weight excluding hydrogens is 374 g/mol. The van der Waals surface area contributed by atoms with Gasteiger partial charge in [0.2, 0.25) is 0 Å². The van der Waals surface area contributed by atoms with Gasteiger partial charge in [0, 0.05) is 5.56 Å². The molecule has 0 saturated carbocycles. The Morgan fingerprint density at radius 3 is 2.55 bits per heavy atom. The summed E-state index contributed by atoms with van der Waals surface area (Å²) in [5.74, 6) is -0.250. The first-order valence-corrected chi connectivity index (χ1v) is 9.89. The number of hydrogen-bond acceptors (Lipinski definition) is 6. The Morgan fingerprint density at radius 2 is 1.90 bits per heavy atom. The van der Waals surface area contributed by atoms with Gasteiger partial charge in [-0.15, -0.1) is 0 Å². The van der Waals surface area contributed by atoms with Crippen molar-refractivity contribution in [3.63, 3.8) is 0 Å². The van der Waals surface area contributed by atoms with Gasteiger partial charge in [-0.3, -0.25) is 0 Å². The number of hydrogen-bond donors (Lipinski definition) is 1. The number of fused-ring (bicyclic) bond motifs is 3. The Labute approximate surface area is 169 Å². The molecule has 0 aliphatic heterocycles. The molecule has 0 saturated heterocycles. The first-order chi connectivity index (χ1) is 13.6. The third kappa shape index (κ3) is 4.60. The standard InChI is InChI=1S/C22H27NO6/c1-6-15(23-21(26)29-22(3,4)5)20(25)28-17-11-12(2)10-16-18(17)13-8-7-9-14(13)19(24)27-16/h10-11,15H,6-9H2,1-5H3,(H,23,26). The van der Waals surface area contributed by atoms with Crippen molar-refractivity contribution in [3.8, 4) is 5.75 Å². The Kier molecular flexibility index (Phi) is 5.68. The van der Waals surface area contributed by atoms with Crippen molar-refractivity contribution < 1.29 is 23.5 Å². The predicted molar refractivity (Wildman–Crippen MR) is 108 cm³/mol. The molecule has 3 rings (SSSR count). The van der Waals surface area contributed by atoms with Gasteiger partial charge in [-0.2, -0.15) is 0 Å². The highest BCUT2D eigenvalue weighted by molar-refractivity contribution is 5.92. The number of rotatable bonds is 4. The van der Waals surface area contributed by atoms with Crippen LogP contribution in [0.4, 0.5) is 4.79 Å². The third-order valence-corrected chi connectivity index (χ3v) is 4.77. The van der Waals surface area contributed by atoms with Crippen LogP contribution >= 0.6 is 0 Å². The minimum absolute atomic E-state index is 0.328. The van der Waals surface area contributed by atoms with Crippen LogP contribution in [0.2, 0.25) is 0 Å². The number of carbonyl (C=O) groups is 2. The number of nitrogens with one attached hydrogen (secondary N) is 1. The fourth-order valence-electron chi connectivity index (χ4n) is 3.54. The van der Waals surface area contributed by atoms with Crippen LogP contribution in [0.25, 0.3) is 11.0 Å². The Bertz CT molecular complexity index is 1010. The van der Waals surface area contributed by atoms with E-state index < -0.39 is 23.7 Å². The van der Waals surface area contributed by atoms with E-state index in [0.717, 1.165) is 24.0 Å². The second-order valence-corrected chi connectivity index (χ2v) is 8.36. The van der Waals surface area contributed by atoms with E-state index in [1.165, 1.54) is 0 Å². The number of carbonyl (C=O) groups excluding carboxylic acids is 2. The monoisotopic (exact) mass is 401 g/mol. The summed E-state index contributed by atoms with van der Waals surface area (Å²) in [6, 6.07) is 2.66. The van der Waals surface area contributed by atoms with E-state index in [-0.39, 0.29) is 5.63 Å². The molecule has 0 radical (unpaired) electrons. The van der Waals surface area contributed by atoms with Crippen molar-refractivity contribution in [1.29, 1.82) is 0 Å². The van der Waals surface area contributed by atoms with Crippen LogP contribution in [0.15, 0.2) is 21.3 Å². The van der Waals surface area contributed by atoms with Crippen LogP contribution in [0.1, 0.15) is 57.2 Å². The van der Waals surface area contributed by atoms with Crippen molar-refractivity contribution in [1.82, 2.24) is 5.32 Å². The molecule has 1 aromatic carbocycles. The first kappa shape index (κ1) is 20.9. The molecule has 1 atom stereocenters. The number of amides is 1. The summed E-state index contributed by atoms with van der Waals surface area (Å²) in [5.41, 5.74) is 1.74. The maximum absolute atomic E-state index is 12.8.